The number of carbonyl (C=O) groups excluding carboxylic acids is 1. The Morgan fingerprint density at radius 1 is 1.69 bits per heavy atom. The van der Waals surface area contributed by atoms with E-state index in [4.69, 9.17) is 10.8 Å². The standard InChI is InChI=1S/C8H12N2O3/c1-2-3-10-6(11)4-5(7(10)9)8(12)13/h2-4,9H2,1H3,(H,12,13). The minimum Gasteiger partial charge on any atom is -0.478 e. The Bertz CT molecular complexity index is 283. The monoisotopic (exact) mass is 184 g/mol. The van der Waals surface area contributed by atoms with E-state index >= 15 is 0 Å². The summed E-state index contributed by atoms with van der Waals surface area (Å²) >= 11 is 0. The van der Waals surface area contributed by atoms with Crippen LogP contribution < -0.4 is 5.73 Å². The SMILES string of the molecule is CCCN1C(=O)CC(C(=O)O)=C1N. The van der Waals surface area contributed by atoms with Gasteiger partial charge in [-0.25, -0.2) is 4.79 Å². The fourth-order valence-corrected chi connectivity index (χ4v) is 1.29. The predicted octanol–water partition coefficient (Wildman–Crippen LogP) is -0.116. The molecule has 0 saturated carbocycles. The van der Waals surface area contributed by atoms with E-state index in [1.807, 2.05) is 6.92 Å². The molecule has 72 valence electrons. The zero-order valence-electron chi connectivity index (χ0n) is 7.41. The summed E-state index contributed by atoms with van der Waals surface area (Å²) in [5.74, 6) is -1.24. The molecule has 0 aromatic carbocycles. The van der Waals surface area contributed by atoms with Gasteiger partial charge < -0.3 is 10.8 Å². The molecule has 0 radical (unpaired) electrons. The minimum atomic E-state index is -1.11. The summed E-state index contributed by atoms with van der Waals surface area (Å²) in [5, 5.41) is 8.67. The number of carboxylic acids is 1. The lowest BCUT2D eigenvalue weighted by atomic mass is 10.2. The third-order valence-electron chi connectivity index (χ3n) is 1.93. The van der Waals surface area contributed by atoms with Gasteiger partial charge in [0, 0.05) is 6.54 Å². The first-order valence-electron chi connectivity index (χ1n) is 4.10. The largest absolute Gasteiger partial charge is 0.478 e. The second-order valence-corrected chi connectivity index (χ2v) is 2.89. The van der Waals surface area contributed by atoms with E-state index in [0.29, 0.717) is 6.54 Å². The molecule has 3 N–H and O–H groups in total. The van der Waals surface area contributed by atoms with Crippen molar-refractivity contribution in [2.24, 2.45) is 5.73 Å². The minimum absolute atomic E-state index is 0.0125. The van der Waals surface area contributed by atoms with Crippen LogP contribution in [0.3, 0.4) is 0 Å². The molecule has 0 aromatic heterocycles. The maximum atomic E-state index is 11.2. The molecule has 5 heteroatoms. The third-order valence-corrected chi connectivity index (χ3v) is 1.93. The lowest BCUT2D eigenvalue weighted by molar-refractivity contribution is -0.134. The van der Waals surface area contributed by atoms with Crippen molar-refractivity contribution in [2.45, 2.75) is 19.8 Å². The molecule has 1 heterocycles. The molecule has 1 aliphatic heterocycles. The van der Waals surface area contributed by atoms with Crippen molar-refractivity contribution in [3.05, 3.63) is 11.4 Å². The van der Waals surface area contributed by atoms with Gasteiger partial charge in [0.25, 0.3) is 0 Å². The van der Waals surface area contributed by atoms with Crippen molar-refractivity contribution in [1.29, 1.82) is 0 Å². The van der Waals surface area contributed by atoms with Crippen molar-refractivity contribution in [2.75, 3.05) is 6.54 Å². The zero-order chi connectivity index (χ0) is 10.0. The molecule has 1 rings (SSSR count). The van der Waals surface area contributed by atoms with Crippen molar-refractivity contribution >= 4 is 11.9 Å². The molecular formula is C8H12N2O3. The van der Waals surface area contributed by atoms with Gasteiger partial charge in [0.05, 0.1) is 12.0 Å². The topological polar surface area (TPSA) is 83.6 Å². The van der Waals surface area contributed by atoms with Crippen molar-refractivity contribution in [3.8, 4) is 0 Å². The van der Waals surface area contributed by atoms with Gasteiger partial charge in [0.2, 0.25) is 5.91 Å². The average molecular weight is 184 g/mol. The summed E-state index contributed by atoms with van der Waals surface area (Å²) in [6.07, 6.45) is 0.681. The molecule has 1 amide bonds. The normalized spacial score (nSPS) is 17.0. The number of carboxylic acid groups (broad SMARTS) is 1. The molecule has 5 nitrogen and oxygen atoms in total. The van der Waals surface area contributed by atoms with Gasteiger partial charge in [0.1, 0.15) is 5.82 Å². The molecular weight excluding hydrogens is 172 g/mol. The Hall–Kier alpha value is -1.52. The number of carbonyl (C=O) groups is 2. The summed E-state index contributed by atoms with van der Waals surface area (Å²) in [6, 6.07) is 0. The molecule has 0 unspecified atom stereocenters. The fraction of sp³-hybridized carbons (Fsp3) is 0.500. The van der Waals surface area contributed by atoms with Crippen LogP contribution in [0.5, 0.6) is 0 Å². The maximum Gasteiger partial charge on any atom is 0.335 e. The third kappa shape index (κ3) is 1.63. The molecule has 13 heavy (non-hydrogen) atoms. The molecule has 0 fully saturated rings. The van der Waals surface area contributed by atoms with Gasteiger partial charge in [-0.1, -0.05) is 6.92 Å². The Morgan fingerprint density at radius 2 is 2.31 bits per heavy atom. The molecule has 0 saturated heterocycles. The first kappa shape index (κ1) is 9.57. The van der Waals surface area contributed by atoms with E-state index in [2.05, 4.69) is 0 Å². The van der Waals surface area contributed by atoms with Crippen molar-refractivity contribution in [3.63, 3.8) is 0 Å². The van der Waals surface area contributed by atoms with Crippen LogP contribution >= 0.6 is 0 Å². The van der Waals surface area contributed by atoms with Crippen LogP contribution in [0.1, 0.15) is 19.8 Å². The van der Waals surface area contributed by atoms with Crippen LogP contribution in [-0.4, -0.2) is 28.4 Å². The Kier molecular flexibility index (Phi) is 2.55. The fourth-order valence-electron chi connectivity index (χ4n) is 1.29. The molecule has 0 bridgehead atoms. The first-order chi connectivity index (χ1) is 6.07. The second kappa shape index (κ2) is 3.47. The van der Waals surface area contributed by atoms with Crippen LogP contribution in [0.25, 0.3) is 0 Å². The number of hydrogen-bond acceptors (Lipinski definition) is 3. The van der Waals surface area contributed by atoms with Crippen LogP contribution in [0.15, 0.2) is 11.4 Å². The number of rotatable bonds is 3. The van der Waals surface area contributed by atoms with E-state index in [9.17, 15) is 9.59 Å². The highest BCUT2D eigenvalue weighted by Gasteiger charge is 2.31. The molecule has 0 spiro atoms. The average Bonchev–Trinajstić information content (AvgIpc) is 2.32. The van der Waals surface area contributed by atoms with Gasteiger partial charge in [-0.3, -0.25) is 9.69 Å². The summed E-state index contributed by atoms with van der Waals surface area (Å²) in [5.41, 5.74) is 5.52. The maximum absolute atomic E-state index is 11.2. The number of aliphatic carboxylic acids is 1. The van der Waals surface area contributed by atoms with Gasteiger partial charge in [0.15, 0.2) is 0 Å². The number of amides is 1. The van der Waals surface area contributed by atoms with Crippen LogP contribution in [0.4, 0.5) is 0 Å². The molecule has 0 aliphatic carbocycles. The lowest BCUT2D eigenvalue weighted by Crippen LogP contribution is -2.29. The number of hydrogen-bond donors (Lipinski definition) is 2. The first-order valence-corrected chi connectivity index (χ1v) is 4.10. The Labute approximate surface area is 75.8 Å². The second-order valence-electron chi connectivity index (χ2n) is 2.89. The van der Waals surface area contributed by atoms with E-state index in [0.717, 1.165) is 6.42 Å². The van der Waals surface area contributed by atoms with Crippen LogP contribution in [0, 0.1) is 0 Å². The zero-order valence-corrected chi connectivity index (χ0v) is 7.41. The van der Waals surface area contributed by atoms with E-state index in [1.54, 1.807) is 0 Å². The van der Waals surface area contributed by atoms with Crippen LogP contribution in [0.2, 0.25) is 0 Å². The van der Waals surface area contributed by atoms with E-state index in [1.165, 1.54) is 4.90 Å². The summed E-state index contributed by atoms with van der Waals surface area (Å²) in [7, 11) is 0. The molecule has 0 atom stereocenters. The highest BCUT2D eigenvalue weighted by atomic mass is 16.4. The van der Waals surface area contributed by atoms with Gasteiger partial charge in [-0.15, -0.1) is 0 Å². The number of nitrogens with zero attached hydrogens (tertiary/aromatic N) is 1. The quantitative estimate of drug-likeness (QED) is 0.640. The van der Waals surface area contributed by atoms with Gasteiger partial charge in [-0.2, -0.15) is 0 Å². The lowest BCUT2D eigenvalue weighted by Gasteiger charge is -2.15. The van der Waals surface area contributed by atoms with Crippen molar-refractivity contribution in [1.82, 2.24) is 4.90 Å². The Morgan fingerprint density at radius 3 is 2.69 bits per heavy atom. The van der Waals surface area contributed by atoms with Crippen molar-refractivity contribution < 1.29 is 14.7 Å². The predicted molar refractivity (Wildman–Crippen MR) is 45.5 cm³/mol. The number of nitrogens with two attached hydrogens (primary N) is 1. The highest BCUT2D eigenvalue weighted by molar-refractivity contribution is 5.98. The Balaban J connectivity index is 2.88. The summed E-state index contributed by atoms with van der Waals surface area (Å²) in [4.78, 5) is 23.1. The van der Waals surface area contributed by atoms with E-state index < -0.39 is 5.97 Å². The molecule has 0 aromatic rings. The van der Waals surface area contributed by atoms with Gasteiger partial charge >= 0.3 is 5.97 Å². The van der Waals surface area contributed by atoms with Crippen LogP contribution in [-0.2, 0) is 9.59 Å². The van der Waals surface area contributed by atoms with Gasteiger partial charge in [-0.05, 0) is 6.42 Å². The van der Waals surface area contributed by atoms with E-state index in [-0.39, 0.29) is 23.7 Å². The molecule has 1 aliphatic rings. The highest BCUT2D eigenvalue weighted by Crippen LogP contribution is 2.20. The summed E-state index contributed by atoms with van der Waals surface area (Å²) in [6.45, 7) is 2.39. The summed E-state index contributed by atoms with van der Waals surface area (Å²) < 4.78 is 0. The smallest absolute Gasteiger partial charge is 0.335 e.